The van der Waals surface area contributed by atoms with E-state index >= 15 is 4.39 Å². The van der Waals surface area contributed by atoms with Gasteiger partial charge in [-0.05, 0) is 104 Å². The van der Waals surface area contributed by atoms with Crippen molar-refractivity contribution < 1.29 is 4.39 Å². The third kappa shape index (κ3) is 7.10. The largest absolute Gasteiger partial charge is 0.206 e. The van der Waals surface area contributed by atoms with Gasteiger partial charge < -0.3 is 0 Å². The molecule has 3 aromatic carbocycles. The van der Waals surface area contributed by atoms with Crippen LogP contribution in [-0.4, -0.2) is 0 Å². The minimum atomic E-state index is -0.0622. The van der Waals surface area contributed by atoms with E-state index in [0.717, 1.165) is 47.3 Å². The molecule has 0 saturated heterocycles. The van der Waals surface area contributed by atoms with Crippen LogP contribution in [0.15, 0.2) is 67.3 Å². The summed E-state index contributed by atoms with van der Waals surface area (Å²) in [6, 6.07) is 18.7. The molecule has 0 heterocycles. The molecular weight excluding hydrogens is 439 g/mol. The fourth-order valence-corrected chi connectivity index (χ4v) is 5.65. The molecule has 4 rings (SSSR count). The summed E-state index contributed by atoms with van der Waals surface area (Å²) in [7, 11) is 0. The molecule has 1 heteroatoms. The number of rotatable bonds is 10. The van der Waals surface area contributed by atoms with Crippen molar-refractivity contribution in [1.29, 1.82) is 0 Å². The van der Waals surface area contributed by atoms with Crippen molar-refractivity contribution in [2.24, 2.45) is 5.92 Å². The van der Waals surface area contributed by atoms with E-state index in [-0.39, 0.29) is 5.82 Å². The molecular formula is C35H41F. The van der Waals surface area contributed by atoms with Gasteiger partial charge in [-0.25, -0.2) is 4.39 Å². The first-order valence-corrected chi connectivity index (χ1v) is 14.1. The van der Waals surface area contributed by atoms with Gasteiger partial charge in [0.15, 0.2) is 0 Å². The molecule has 0 aliphatic heterocycles. The van der Waals surface area contributed by atoms with Gasteiger partial charge in [-0.2, -0.15) is 0 Å². The number of halogens is 1. The highest BCUT2D eigenvalue weighted by Gasteiger charge is 2.21. The molecule has 3 aromatic rings. The van der Waals surface area contributed by atoms with Gasteiger partial charge in [0.1, 0.15) is 5.82 Å². The van der Waals surface area contributed by atoms with E-state index in [9.17, 15) is 0 Å². The molecule has 1 fully saturated rings. The minimum Gasteiger partial charge on any atom is -0.206 e. The SMILES string of the molecule is C=CCCC1CCC(c2ccc(C#Cc3ccc4c(F)c(CCCCCCC)ccc4c3)cc2)CC1. The van der Waals surface area contributed by atoms with Gasteiger partial charge in [-0.1, -0.05) is 80.9 Å². The standard InChI is InChI=1S/C35H41F/c1-3-5-7-8-9-11-32-23-24-33-26-29(18-25-34(33)35(32)36)13-12-28-16-21-31(22-17-28)30-19-14-27(15-20-30)10-6-4-2/h4,16-18,21-27,30H,2-3,5-11,14-15,19-20H2,1H3. The molecule has 0 radical (unpaired) electrons. The van der Waals surface area contributed by atoms with Crippen LogP contribution in [-0.2, 0) is 6.42 Å². The van der Waals surface area contributed by atoms with Gasteiger partial charge in [0.05, 0.1) is 0 Å². The second-order valence-electron chi connectivity index (χ2n) is 10.6. The smallest absolute Gasteiger partial charge is 0.134 e. The lowest BCUT2D eigenvalue weighted by atomic mass is 9.77. The fourth-order valence-electron chi connectivity index (χ4n) is 5.65. The average Bonchev–Trinajstić information content (AvgIpc) is 2.92. The third-order valence-corrected chi connectivity index (χ3v) is 7.94. The van der Waals surface area contributed by atoms with E-state index in [4.69, 9.17) is 0 Å². The Kier molecular flexibility index (Phi) is 9.80. The van der Waals surface area contributed by atoms with Crippen molar-refractivity contribution >= 4 is 10.8 Å². The Morgan fingerprint density at radius 2 is 1.58 bits per heavy atom. The van der Waals surface area contributed by atoms with Crippen molar-refractivity contribution in [3.8, 4) is 11.8 Å². The average molecular weight is 481 g/mol. The quantitative estimate of drug-likeness (QED) is 0.154. The van der Waals surface area contributed by atoms with Gasteiger partial charge in [-0.3, -0.25) is 0 Å². The van der Waals surface area contributed by atoms with Crippen LogP contribution in [0.1, 0.15) is 106 Å². The number of aryl methyl sites for hydroxylation is 1. The van der Waals surface area contributed by atoms with Crippen LogP contribution in [0.5, 0.6) is 0 Å². The predicted octanol–water partition coefficient (Wildman–Crippen LogP) is 10.1. The first kappa shape index (κ1) is 26.2. The minimum absolute atomic E-state index is 0.0622. The lowest BCUT2D eigenvalue weighted by Gasteiger charge is -2.28. The molecule has 0 aromatic heterocycles. The highest BCUT2D eigenvalue weighted by atomic mass is 19.1. The van der Waals surface area contributed by atoms with Crippen molar-refractivity contribution in [3.63, 3.8) is 0 Å². The Morgan fingerprint density at radius 1 is 0.861 bits per heavy atom. The van der Waals surface area contributed by atoms with Crippen molar-refractivity contribution in [2.45, 2.75) is 89.9 Å². The molecule has 0 bridgehead atoms. The summed E-state index contributed by atoms with van der Waals surface area (Å²) >= 11 is 0. The van der Waals surface area contributed by atoms with E-state index in [1.165, 1.54) is 63.4 Å². The molecule has 0 spiro atoms. The van der Waals surface area contributed by atoms with E-state index in [2.05, 4.69) is 55.7 Å². The molecule has 0 atom stereocenters. The summed E-state index contributed by atoms with van der Waals surface area (Å²) in [6.07, 6.45) is 16.6. The molecule has 0 amide bonds. The van der Waals surface area contributed by atoms with Crippen LogP contribution in [0.4, 0.5) is 4.39 Å². The summed E-state index contributed by atoms with van der Waals surface area (Å²) < 4.78 is 15.1. The maximum Gasteiger partial charge on any atom is 0.134 e. The summed E-state index contributed by atoms with van der Waals surface area (Å²) in [5.74, 6) is 8.09. The Morgan fingerprint density at radius 3 is 2.33 bits per heavy atom. The van der Waals surface area contributed by atoms with Crippen molar-refractivity contribution in [1.82, 2.24) is 0 Å². The first-order valence-electron chi connectivity index (χ1n) is 14.1. The highest BCUT2D eigenvalue weighted by Crippen LogP contribution is 2.37. The highest BCUT2D eigenvalue weighted by molar-refractivity contribution is 5.85. The molecule has 0 unspecified atom stereocenters. The van der Waals surface area contributed by atoms with E-state index in [1.54, 1.807) is 0 Å². The van der Waals surface area contributed by atoms with Crippen molar-refractivity contribution in [3.05, 3.63) is 95.3 Å². The topological polar surface area (TPSA) is 0 Å². The second kappa shape index (κ2) is 13.5. The molecule has 0 N–H and O–H groups in total. The Labute approximate surface area is 218 Å². The fraction of sp³-hybridized carbons (Fsp3) is 0.429. The van der Waals surface area contributed by atoms with E-state index < -0.39 is 0 Å². The van der Waals surface area contributed by atoms with Gasteiger partial charge in [0.25, 0.3) is 0 Å². The summed E-state index contributed by atoms with van der Waals surface area (Å²) in [6.45, 7) is 6.08. The number of unbranched alkanes of at least 4 members (excludes halogenated alkanes) is 4. The van der Waals surface area contributed by atoms with Crippen molar-refractivity contribution in [2.75, 3.05) is 0 Å². The monoisotopic (exact) mass is 480 g/mol. The number of hydrogen-bond donors (Lipinski definition) is 0. The normalized spacial score (nSPS) is 17.5. The number of benzene rings is 3. The van der Waals surface area contributed by atoms with Gasteiger partial charge in [0, 0.05) is 16.5 Å². The molecule has 1 saturated carbocycles. The Bertz CT molecular complexity index is 1180. The summed E-state index contributed by atoms with van der Waals surface area (Å²) in [5, 5.41) is 1.63. The third-order valence-electron chi connectivity index (χ3n) is 7.94. The zero-order chi connectivity index (χ0) is 25.2. The Hall–Kier alpha value is -2.85. The number of allylic oxidation sites excluding steroid dienone is 1. The Balaban J connectivity index is 1.36. The maximum atomic E-state index is 15.1. The number of hydrogen-bond acceptors (Lipinski definition) is 0. The van der Waals surface area contributed by atoms with Gasteiger partial charge in [0.2, 0.25) is 0 Å². The molecule has 1 aliphatic carbocycles. The van der Waals surface area contributed by atoms with Crippen LogP contribution in [0.3, 0.4) is 0 Å². The van der Waals surface area contributed by atoms with Gasteiger partial charge in [-0.15, -0.1) is 6.58 Å². The van der Waals surface area contributed by atoms with Crippen LogP contribution < -0.4 is 0 Å². The summed E-state index contributed by atoms with van der Waals surface area (Å²) in [5.41, 5.74) is 4.24. The zero-order valence-corrected chi connectivity index (χ0v) is 22.0. The van der Waals surface area contributed by atoms with Crippen LogP contribution in [0.25, 0.3) is 10.8 Å². The number of fused-ring (bicyclic) bond motifs is 1. The van der Waals surface area contributed by atoms with Gasteiger partial charge >= 0.3 is 0 Å². The molecule has 0 nitrogen and oxygen atoms in total. The van der Waals surface area contributed by atoms with Crippen LogP contribution >= 0.6 is 0 Å². The lowest BCUT2D eigenvalue weighted by Crippen LogP contribution is -2.13. The summed E-state index contributed by atoms with van der Waals surface area (Å²) in [4.78, 5) is 0. The zero-order valence-electron chi connectivity index (χ0n) is 22.0. The molecule has 36 heavy (non-hydrogen) atoms. The maximum absolute atomic E-state index is 15.1. The van der Waals surface area contributed by atoms with E-state index in [1.807, 2.05) is 30.3 Å². The predicted molar refractivity (Wildman–Crippen MR) is 153 cm³/mol. The van der Waals surface area contributed by atoms with E-state index in [0.29, 0.717) is 11.3 Å². The first-order chi connectivity index (χ1) is 17.7. The molecule has 1 aliphatic rings. The van der Waals surface area contributed by atoms with Crippen LogP contribution in [0, 0.1) is 23.6 Å². The molecule has 188 valence electrons. The lowest BCUT2D eigenvalue weighted by molar-refractivity contribution is 0.312. The van der Waals surface area contributed by atoms with Crippen LogP contribution in [0.2, 0.25) is 0 Å². The second-order valence-corrected chi connectivity index (χ2v) is 10.6.